The Kier molecular flexibility index (Phi) is 20.4. The maximum Gasteiger partial charge on any atom is 0.251 e. The molecule has 576 valence electrons. The number of amides is 7. The fourth-order valence-corrected chi connectivity index (χ4v) is 27.6. The molecule has 28 unspecified atom stereocenters. The molecule has 15 aliphatic carbocycles. The van der Waals surface area contributed by atoms with Gasteiger partial charge in [-0.3, -0.25) is 43.4 Å². The zero-order chi connectivity index (χ0) is 76.3. The highest BCUT2D eigenvalue weighted by molar-refractivity contribution is 6.06. The summed E-state index contributed by atoms with van der Waals surface area (Å²) in [5.74, 6) is 17.1. The third-order valence-electron chi connectivity index (χ3n) is 31.1. The van der Waals surface area contributed by atoms with E-state index in [0.29, 0.717) is 94.8 Å². The molecule has 14 nitrogen and oxygen atoms in total. The number of carbonyl (C=O) groups is 7. The van der Waals surface area contributed by atoms with Gasteiger partial charge in [-0.25, -0.2) is 0 Å². The highest BCUT2D eigenvalue weighted by atomic mass is 16.2. The van der Waals surface area contributed by atoms with Crippen LogP contribution in [0.25, 0.3) is 0 Å². The number of rotatable bonds is 7. The van der Waals surface area contributed by atoms with Crippen molar-refractivity contribution < 1.29 is 33.6 Å². The van der Waals surface area contributed by atoms with Crippen LogP contribution < -0.4 is 0 Å². The first-order chi connectivity index (χ1) is 51.0. The van der Waals surface area contributed by atoms with Crippen LogP contribution in [-0.2, 0) is 33.6 Å². The lowest BCUT2D eigenvalue weighted by Crippen LogP contribution is -2.46. The minimum atomic E-state index is 0.0187. The van der Waals surface area contributed by atoms with Gasteiger partial charge in [0.05, 0.1) is 35.5 Å². The molecule has 0 aromatic carbocycles. The molecule has 22 rings (SSSR count). The third-order valence-corrected chi connectivity index (χ3v) is 31.1. The molecule has 12 bridgehead atoms. The minimum Gasteiger partial charge on any atom is -0.314 e. The molecule has 22 aliphatic rings. The molecule has 0 aromatic heterocycles. The molecule has 7 heterocycles. The van der Waals surface area contributed by atoms with E-state index in [9.17, 15) is 33.6 Å². The number of allylic oxidation sites excluding steroid dienone is 15. The van der Waals surface area contributed by atoms with Crippen molar-refractivity contribution in [1.29, 1.82) is 0 Å². The Labute approximate surface area is 640 Å². The van der Waals surface area contributed by atoms with E-state index in [0.717, 1.165) is 133 Å². The summed E-state index contributed by atoms with van der Waals surface area (Å²) in [6.07, 6.45) is 44.2. The van der Waals surface area contributed by atoms with Crippen LogP contribution in [0.15, 0.2) is 146 Å². The summed E-state index contributed by atoms with van der Waals surface area (Å²) in [4.78, 5) is 99.8. The van der Waals surface area contributed by atoms with Crippen molar-refractivity contribution in [3.63, 3.8) is 0 Å². The smallest absolute Gasteiger partial charge is 0.251 e. The zero-order valence-electron chi connectivity index (χ0n) is 67.0. The Morgan fingerprint density at radius 2 is 0.626 bits per heavy atom. The van der Waals surface area contributed by atoms with E-state index in [1.54, 1.807) is 22.0 Å². The van der Waals surface area contributed by atoms with Crippen LogP contribution >= 0.6 is 0 Å². The predicted molar refractivity (Wildman–Crippen MR) is 422 cm³/mol. The van der Waals surface area contributed by atoms with Gasteiger partial charge in [0.15, 0.2) is 0 Å². The van der Waals surface area contributed by atoms with Crippen molar-refractivity contribution in [2.45, 2.75) is 210 Å². The normalized spacial score (nSPS) is 42.2. The molecule has 5 saturated heterocycles. The number of likely N-dealkylation sites (tertiary alicyclic amines) is 5. The lowest BCUT2D eigenvalue weighted by molar-refractivity contribution is -0.143. The van der Waals surface area contributed by atoms with E-state index in [1.165, 1.54) is 38.5 Å². The monoisotopic (exact) mass is 1450 g/mol. The summed E-state index contributed by atoms with van der Waals surface area (Å²) in [6.45, 7) is 52.0. The number of hydrogen-bond donors (Lipinski definition) is 0. The first kappa shape index (κ1) is 75.7. The van der Waals surface area contributed by atoms with E-state index >= 15 is 0 Å². The van der Waals surface area contributed by atoms with E-state index < -0.39 is 0 Å². The Balaban J connectivity index is 0.000000102. The van der Waals surface area contributed by atoms with E-state index in [1.807, 2.05) is 61.1 Å². The molecule has 28 atom stereocenters. The second kappa shape index (κ2) is 28.9. The second-order valence-corrected chi connectivity index (χ2v) is 38.3. The first-order valence-corrected chi connectivity index (χ1v) is 42.3. The quantitative estimate of drug-likeness (QED) is 0.139. The van der Waals surface area contributed by atoms with Gasteiger partial charge in [0.2, 0.25) is 35.4 Å². The molecule has 107 heavy (non-hydrogen) atoms. The van der Waals surface area contributed by atoms with Gasteiger partial charge < -0.3 is 24.5 Å². The number of carbonyl (C=O) groups excluding carboxylic acids is 7. The molecule has 14 fully saturated rings. The molecule has 7 amide bonds. The second-order valence-electron chi connectivity index (χ2n) is 38.3. The molecule has 9 saturated carbocycles. The zero-order valence-corrected chi connectivity index (χ0v) is 67.0. The van der Waals surface area contributed by atoms with Gasteiger partial charge >= 0.3 is 0 Å². The summed E-state index contributed by atoms with van der Waals surface area (Å²) < 4.78 is 0. The van der Waals surface area contributed by atoms with Crippen LogP contribution in [0.1, 0.15) is 168 Å². The lowest BCUT2D eigenvalue weighted by atomic mass is 9.54. The van der Waals surface area contributed by atoms with Crippen molar-refractivity contribution in [2.75, 3.05) is 13.1 Å². The number of fused-ring (bicyclic) bond motifs is 32. The standard InChI is InChI=1S/C19H25NO.C18H23NO.C16H21NO2.C13H17NO.C12H17NO.C8H11NO.C7H13N/c1-9(2)20-10(3)15-13-8-14(18(15)19(20)21)17-12-6-4-11(5-7-12)16(13)17;1-8(2)19-9(3)14-12-7-13(17(14)18(19)20)16-11-5-4-10(6-11)15(12)16;1-8(2)17-15(18)13-11-7-12(14(13)16(17)19)10-6-4-3-5-9(10)11;1-7(2)14-8(3)11-9-4-5-10(6-9)12(11)13(14)15;1-8(2)13-9(3)10-6-4-5-7-11(10)12(13)14;1-6(2)9-7(3)4-5-8(9)10;1-7(2)8-5-3-4-6-8/h4,6,9,11-18H,3,5,7-8H2,1-2H3;4-5,8,10-17H,3,6-7H2,1-2H3;3-4,8-14H,5-7H2,1-2H3;4-5,7,9-12H,3,6H2,1-2H3;4-5,8,10-11H,3,6-7H2,1-2H3;4-6H,3H2,1-2H3;3-4,7H,5-6H2,1-2H3. The van der Waals surface area contributed by atoms with Crippen molar-refractivity contribution in [2.24, 2.45) is 166 Å². The summed E-state index contributed by atoms with van der Waals surface area (Å²) >= 11 is 0. The Bertz CT molecular complexity index is 3690. The summed E-state index contributed by atoms with van der Waals surface area (Å²) in [7, 11) is 0. The maximum absolute atomic E-state index is 13.0. The van der Waals surface area contributed by atoms with Gasteiger partial charge in [-0.2, -0.15) is 0 Å². The largest absolute Gasteiger partial charge is 0.314 e. The molecule has 0 radical (unpaired) electrons. The Morgan fingerprint density at radius 3 is 1.01 bits per heavy atom. The maximum atomic E-state index is 13.0. The molecule has 0 spiro atoms. The number of nitrogens with zero attached hydrogens (tertiary/aromatic N) is 7. The van der Waals surface area contributed by atoms with Gasteiger partial charge in [0, 0.05) is 114 Å². The van der Waals surface area contributed by atoms with Gasteiger partial charge in [-0.05, 0) is 280 Å². The number of imide groups is 1. The van der Waals surface area contributed by atoms with Crippen LogP contribution in [0, 0.1) is 166 Å². The van der Waals surface area contributed by atoms with Crippen molar-refractivity contribution >= 4 is 41.4 Å². The van der Waals surface area contributed by atoms with Crippen LogP contribution in [-0.4, -0.2) is 131 Å². The fraction of sp³-hybridized carbons (Fsp3) is 0.667. The van der Waals surface area contributed by atoms with Crippen molar-refractivity contribution in [3.05, 3.63) is 146 Å². The van der Waals surface area contributed by atoms with Gasteiger partial charge in [0.25, 0.3) is 5.91 Å². The summed E-state index contributed by atoms with van der Waals surface area (Å²) in [5, 5.41) is 0. The minimum absolute atomic E-state index is 0.0187. The van der Waals surface area contributed by atoms with Gasteiger partial charge in [-0.15, -0.1) is 0 Å². The van der Waals surface area contributed by atoms with Crippen molar-refractivity contribution in [1.82, 2.24) is 34.3 Å². The average Bonchev–Trinajstić information content (AvgIpc) is 1.53. The Morgan fingerprint density at radius 1 is 0.290 bits per heavy atom. The summed E-state index contributed by atoms with van der Waals surface area (Å²) in [6, 6.07) is 2.00. The third kappa shape index (κ3) is 12.1. The molecular formula is C93H127N7O7. The van der Waals surface area contributed by atoms with Gasteiger partial charge in [-0.1, -0.05) is 106 Å². The van der Waals surface area contributed by atoms with E-state index in [4.69, 9.17) is 0 Å². The van der Waals surface area contributed by atoms with Crippen molar-refractivity contribution in [3.8, 4) is 0 Å². The fourth-order valence-electron chi connectivity index (χ4n) is 27.6. The van der Waals surface area contributed by atoms with Crippen LogP contribution in [0.5, 0.6) is 0 Å². The van der Waals surface area contributed by atoms with Crippen LogP contribution in [0.3, 0.4) is 0 Å². The lowest BCUT2D eigenvalue weighted by Gasteiger charge is -2.50. The molecular weight excluding hydrogens is 1330 g/mol. The van der Waals surface area contributed by atoms with E-state index in [-0.39, 0.29) is 95.4 Å². The first-order valence-electron chi connectivity index (χ1n) is 42.3. The topological polar surface area (TPSA) is 142 Å². The summed E-state index contributed by atoms with van der Waals surface area (Å²) in [5.41, 5.74) is 5.18. The predicted octanol–water partition coefficient (Wildman–Crippen LogP) is 15.9. The Hall–Kier alpha value is -6.67. The highest BCUT2D eigenvalue weighted by Gasteiger charge is 2.72. The highest BCUT2D eigenvalue weighted by Crippen LogP contribution is 2.73. The average molecular weight is 1460 g/mol. The molecule has 7 aliphatic heterocycles. The SMILES string of the molecule is C=C1C2C3C=CC(C3)C2C(=O)N1C(C)C.C=C1C2C3CC(C2C(=O)N1C(C)C)C1C2C=CC(C2)C31.C=C1C2C3CC(C2C(=O)N1C(C)C)C1C2C=CC(CC2)C31.C=C1C2CC=CCC2C(=O)N1C(C)C.C=C1C=CC(=O)N1C(C)C.CC(C)N1C(=O)C2C3CC(C4CC=CCC43)C2C1=O.CC(C)N1CC=CC1. The van der Waals surface area contributed by atoms with E-state index in [2.05, 4.69) is 166 Å². The molecule has 14 heteroatoms. The van der Waals surface area contributed by atoms with Gasteiger partial charge in [0.1, 0.15) is 0 Å². The molecule has 0 aromatic rings. The molecule has 0 N–H and O–H groups in total. The number of hydrogen-bond acceptors (Lipinski definition) is 8. The van der Waals surface area contributed by atoms with Crippen LogP contribution in [0.2, 0.25) is 0 Å². The van der Waals surface area contributed by atoms with Crippen LogP contribution in [0.4, 0.5) is 0 Å².